The Labute approximate surface area is 187 Å². The van der Waals surface area contributed by atoms with Crippen molar-refractivity contribution in [3.63, 3.8) is 0 Å². The van der Waals surface area contributed by atoms with E-state index in [1.54, 1.807) is 29.3 Å². The Kier molecular flexibility index (Phi) is 6.27. The Morgan fingerprint density at radius 3 is 2.87 bits per heavy atom. The third-order valence-electron chi connectivity index (χ3n) is 4.19. The third-order valence-corrected chi connectivity index (χ3v) is 5.55. The maximum atomic E-state index is 6.03. The maximum absolute atomic E-state index is 6.03. The zero-order valence-corrected chi connectivity index (χ0v) is 18.3. The number of aromatic amines is 1. The van der Waals surface area contributed by atoms with Gasteiger partial charge in [-0.25, -0.2) is 5.10 Å². The zero-order valence-electron chi connectivity index (χ0n) is 15.9. The minimum Gasteiger partial charge on any atom is -0.493 e. The van der Waals surface area contributed by atoms with Gasteiger partial charge < -0.3 is 9.47 Å². The van der Waals surface area contributed by atoms with Crippen LogP contribution in [0.15, 0.2) is 65.1 Å². The van der Waals surface area contributed by atoms with E-state index in [0.29, 0.717) is 33.7 Å². The molecule has 2 aromatic carbocycles. The van der Waals surface area contributed by atoms with E-state index < -0.39 is 0 Å². The first-order valence-corrected chi connectivity index (χ1v) is 10.6. The lowest BCUT2D eigenvalue weighted by Crippen LogP contribution is -1.99. The smallest absolute Gasteiger partial charge is 0.216 e. The molecule has 4 aromatic rings. The average Bonchev–Trinajstić information content (AvgIpc) is 3.41. The molecule has 0 bridgehead atoms. The number of ether oxygens (including phenoxy) is 2. The number of halogens is 1. The fraction of sp³-hybridized carbons (Fsp3) is 0.0952. The van der Waals surface area contributed by atoms with Crippen LogP contribution in [-0.2, 0) is 6.61 Å². The van der Waals surface area contributed by atoms with Crippen molar-refractivity contribution in [1.82, 2.24) is 14.9 Å². The van der Waals surface area contributed by atoms with Gasteiger partial charge in [0, 0.05) is 5.02 Å². The van der Waals surface area contributed by atoms with Crippen molar-refractivity contribution < 1.29 is 9.47 Å². The van der Waals surface area contributed by atoms with Crippen molar-refractivity contribution >= 4 is 41.4 Å². The zero-order chi connectivity index (χ0) is 20.9. The van der Waals surface area contributed by atoms with Crippen molar-refractivity contribution in [1.29, 1.82) is 0 Å². The highest BCUT2D eigenvalue weighted by Gasteiger charge is 2.09. The van der Waals surface area contributed by atoms with E-state index in [-0.39, 0.29) is 0 Å². The molecule has 9 heteroatoms. The standard InChI is InChI=1S/C21H17ClN4O2S2/c1-27-18-11-14(7-8-17(18)28-13-15-4-2-5-16(22)10-15)12-23-26-20(24-25-21(26)29)19-6-3-9-30-19/h2-12H,13H2,1H3,(H,25,29)/b23-12-. The van der Waals surface area contributed by atoms with Crippen LogP contribution in [-0.4, -0.2) is 28.2 Å². The molecule has 0 amide bonds. The summed E-state index contributed by atoms with van der Waals surface area (Å²) in [5.41, 5.74) is 1.81. The summed E-state index contributed by atoms with van der Waals surface area (Å²) in [7, 11) is 1.60. The third kappa shape index (κ3) is 4.62. The second kappa shape index (κ2) is 9.25. The lowest BCUT2D eigenvalue weighted by Gasteiger charge is -2.11. The molecule has 0 saturated heterocycles. The second-order valence-corrected chi connectivity index (χ2v) is 7.99. The number of nitrogens with zero attached hydrogens (tertiary/aromatic N) is 3. The predicted molar refractivity (Wildman–Crippen MR) is 122 cm³/mol. The fourth-order valence-corrected chi connectivity index (χ4v) is 3.85. The molecular formula is C21H17ClN4O2S2. The Morgan fingerprint density at radius 2 is 2.10 bits per heavy atom. The van der Waals surface area contributed by atoms with Crippen LogP contribution in [0.3, 0.4) is 0 Å². The molecule has 0 fully saturated rings. The van der Waals surface area contributed by atoms with Crippen molar-refractivity contribution in [2.75, 3.05) is 7.11 Å². The molecule has 2 aromatic heterocycles. The maximum Gasteiger partial charge on any atom is 0.216 e. The summed E-state index contributed by atoms with van der Waals surface area (Å²) in [6.07, 6.45) is 1.70. The van der Waals surface area contributed by atoms with Crippen LogP contribution in [0.1, 0.15) is 11.1 Å². The van der Waals surface area contributed by atoms with Crippen molar-refractivity contribution in [2.45, 2.75) is 6.61 Å². The lowest BCUT2D eigenvalue weighted by atomic mass is 10.2. The number of hydrogen-bond acceptors (Lipinski definition) is 6. The van der Waals surface area contributed by atoms with E-state index in [2.05, 4.69) is 15.3 Å². The molecule has 1 N–H and O–H groups in total. The Morgan fingerprint density at radius 1 is 1.20 bits per heavy atom. The Balaban J connectivity index is 1.54. The van der Waals surface area contributed by atoms with E-state index in [1.165, 1.54) is 0 Å². The molecule has 6 nitrogen and oxygen atoms in total. The molecule has 4 rings (SSSR count). The van der Waals surface area contributed by atoms with Crippen LogP contribution in [0.25, 0.3) is 10.7 Å². The number of hydrogen-bond donors (Lipinski definition) is 1. The van der Waals surface area contributed by atoms with E-state index in [1.807, 2.05) is 60.0 Å². The van der Waals surface area contributed by atoms with Gasteiger partial charge in [-0.3, -0.25) is 0 Å². The van der Waals surface area contributed by atoms with E-state index in [0.717, 1.165) is 16.0 Å². The summed E-state index contributed by atoms with van der Waals surface area (Å²) in [5, 5.41) is 14.2. The highest BCUT2D eigenvalue weighted by atomic mass is 35.5. The predicted octanol–water partition coefficient (Wildman–Crippen LogP) is 5.79. The quantitative estimate of drug-likeness (QED) is 0.282. The number of benzene rings is 2. The molecule has 0 radical (unpaired) electrons. The van der Waals surface area contributed by atoms with Crippen LogP contribution in [0, 0.1) is 4.77 Å². The summed E-state index contributed by atoms with van der Waals surface area (Å²) in [5.74, 6) is 1.91. The van der Waals surface area contributed by atoms with Crippen LogP contribution in [0.5, 0.6) is 11.5 Å². The monoisotopic (exact) mass is 456 g/mol. The molecule has 0 aliphatic heterocycles. The fourth-order valence-electron chi connectivity index (χ4n) is 2.76. The van der Waals surface area contributed by atoms with E-state index in [9.17, 15) is 0 Å². The van der Waals surface area contributed by atoms with E-state index in [4.69, 9.17) is 33.3 Å². The van der Waals surface area contributed by atoms with Crippen molar-refractivity contribution in [3.8, 4) is 22.2 Å². The molecule has 2 heterocycles. The van der Waals surface area contributed by atoms with E-state index >= 15 is 0 Å². The van der Waals surface area contributed by atoms with Gasteiger partial charge in [0.25, 0.3) is 0 Å². The first-order chi connectivity index (χ1) is 14.6. The van der Waals surface area contributed by atoms with Crippen LogP contribution in [0.4, 0.5) is 0 Å². The van der Waals surface area contributed by atoms with Gasteiger partial charge in [-0.15, -0.1) is 11.3 Å². The average molecular weight is 457 g/mol. The molecule has 30 heavy (non-hydrogen) atoms. The highest BCUT2D eigenvalue weighted by Crippen LogP contribution is 2.29. The molecular weight excluding hydrogens is 440 g/mol. The molecule has 0 spiro atoms. The lowest BCUT2D eigenvalue weighted by molar-refractivity contribution is 0.284. The molecule has 152 valence electrons. The number of H-pyrrole nitrogens is 1. The summed E-state index contributed by atoms with van der Waals surface area (Å²) in [6, 6.07) is 17.1. The largest absolute Gasteiger partial charge is 0.493 e. The molecule has 0 atom stereocenters. The number of thiophene rings is 1. The highest BCUT2D eigenvalue weighted by molar-refractivity contribution is 7.71. The summed E-state index contributed by atoms with van der Waals surface area (Å²) in [6.45, 7) is 0.388. The van der Waals surface area contributed by atoms with Gasteiger partial charge in [0.15, 0.2) is 17.3 Å². The van der Waals surface area contributed by atoms with Gasteiger partial charge in [0.2, 0.25) is 4.77 Å². The number of methoxy groups -OCH3 is 1. The minimum atomic E-state index is 0.388. The number of rotatable bonds is 7. The van der Waals surface area contributed by atoms with Crippen molar-refractivity contribution in [2.24, 2.45) is 5.10 Å². The SMILES string of the molecule is COc1cc(/C=N\n2c(-c3cccs3)n[nH]c2=S)ccc1OCc1cccc(Cl)c1. The van der Waals surface area contributed by atoms with Gasteiger partial charge in [-0.05, 0) is 65.1 Å². The van der Waals surface area contributed by atoms with Gasteiger partial charge >= 0.3 is 0 Å². The first kappa shape index (κ1) is 20.3. The Hall–Kier alpha value is -2.94. The first-order valence-electron chi connectivity index (χ1n) is 8.95. The topological polar surface area (TPSA) is 64.4 Å². The number of aromatic nitrogens is 3. The molecule has 0 aliphatic rings. The van der Waals surface area contributed by atoms with Gasteiger partial charge in [0.1, 0.15) is 6.61 Å². The van der Waals surface area contributed by atoms with Gasteiger partial charge in [-0.1, -0.05) is 29.8 Å². The number of nitrogens with one attached hydrogen (secondary N) is 1. The van der Waals surface area contributed by atoms with Crippen LogP contribution >= 0.6 is 35.2 Å². The Bertz CT molecular complexity index is 1230. The van der Waals surface area contributed by atoms with Crippen molar-refractivity contribution in [3.05, 3.63) is 80.9 Å². The second-order valence-electron chi connectivity index (χ2n) is 6.21. The van der Waals surface area contributed by atoms with Crippen LogP contribution in [0.2, 0.25) is 5.02 Å². The summed E-state index contributed by atoms with van der Waals surface area (Å²) >= 11 is 12.9. The molecule has 0 saturated carbocycles. The summed E-state index contributed by atoms with van der Waals surface area (Å²) in [4.78, 5) is 0.974. The normalized spacial score (nSPS) is 11.1. The van der Waals surface area contributed by atoms with Gasteiger partial charge in [-0.2, -0.15) is 14.9 Å². The minimum absolute atomic E-state index is 0.388. The van der Waals surface area contributed by atoms with Crippen LogP contribution < -0.4 is 9.47 Å². The molecule has 0 unspecified atom stereocenters. The summed E-state index contributed by atoms with van der Waals surface area (Å²) < 4.78 is 13.4. The van der Waals surface area contributed by atoms with Gasteiger partial charge in [0.05, 0.1) is 18.2 Å². The molecule has 0 aliphatic carbocycles.